The van der Waals surface area contributed by atoms with Crippen molar-refractivity contribution in [3.05, 3.63) is 134 Å². The minimum Gasteiger partial charge on any atom is -0.462 e. The molecule has 0 bridgehead atoms. The van der Waals surface area contributed by atoms with E-state index in [1.807, 2.05) is 0 Å². The van der Waals surface area contributed by atoms with Crippen LogP contribution in [-0.4, -0.2) is 36.4 Å². The normalized spacial score (nSPS) is 13.2. The van der Waals surface area contributed by atoms with Gasteiger partial charge in [0.15, 0.2) is 6.10 Å². The highest BCUT2D eigenvalue weighted by Gasteiger charge is 2.16. The zero-order valence-electron chi connectivity index (χ0n) is 45.2. The Bertz CT molecular complexity index is 1470. The zero-order chi connectivity index (χ0) is 50.6. The van der Waals surface area contributed by atoms with Crippen molar-refractivity contribution in [2.45, 2.75) is 251 Å². The highest BCUT2D eigenvalue weighted by Crippen LogP contribution is 2.15. The SMILES string of the molecule is CC/C=C\C/C=C\C/C=C\C/C=C\C/C=C\C/C=C\C/C=C\CCCCCCCCCCCCCCCC(=O)OC(CO)COC(=O)CCCCCCCCCC/C=C\C/C=C\C/C=C\C/C=C\CC. The first kappa shape index (κ1) is 66.0. The number of carbonyl (C=O) groups is 2. The van der Waals surface area contributed by atoms with Gasteiger partial charge in [0.2, 0.25) is 0 Å². The first-order chi connectivity index (χ1) is 34.6. The largest absolute Gasteiger partial charge is 0.462 e. The standard InChI is InChI=1S/C65H106O5/c1-3-5-7-9-11-13-15-17-19-21-23-25-26-27-28-29-30-31-32-33-34-35-36-37-38-40-42-44-46-48-50-52-54-56-58-60-65(68)70-63(61-66)62-69-64(67)59-57-55-53-51-49-47-45-43-41-39-24-22-20-18-16-14-12-10-8-6-4-2/h5-8,11-14,17-20,23-25,27-28,30-31,33-34,39,63,66H,3-4,9-10,15-16,21-22,26,29,32,35-38,40-62H2,1-2H3/b7-5-,8-6-,13-11-,14-12-,19-17-,20-18-,25-23-,28-27-,31-30-,34-33-,39-24-. The fraction of sp³-hybridized carbons (Fsp3) is 0.631. The van der Waals surface area contributed by atoms with Crippen LogP contribution in [0.4, 0.5) is 0 Å². The van der Waals surface area contributed by atoms with Gasteiger partial charge in [-0.3, -0.25) is 9.59 Å². The van der Waals surface area contributed by atoms with Gasteiger partial charge in [-0.15, -0.1) is 0 Å². The molecule has 0 saturated carbocycles. The van der Waals surface area contributed by atoms with Crippen LogP contribution >= 0.6 is 0 Å². The molecule has 0 fully saturated rings. The smallest absolute Gasteiger partial charge is 0.306 e. The van der Waals surface area contributed by atoms with Gasteiger partial charge in [0.25, 0.3) is 0 Å². The monoisotopic (exact) mass is 967 g/mol. The molecule has 0 saturated heterocycles. The van der Waals surface area contributed by atoms with Crippen LogP contribution in [0, 0.1) is 0 Å². The third-order valence-electron chi connectivity index (χ3n) is 11.9. The average molecular weight is 968 g/mol. The molecule has 70 heavy (non-hydrogen) atoms. The molecule has 1 N–H and O–H groups in total. The van der Waals surface area contributed by atoms with Crippen molar-refractivity contribution in [1.82, 2.24) is 0 Å². The first-order valence-electron chi connectivity index (χ1n) is 28.7. The van der Waals surface area contributed by atoms with E-state index in [9.17, 15) is 14.7 Å². The molecule has 0 aromatic rings. The number of hydrogen-bond acceptors (Lipinski definition) is 5. The van der Waals surface area contributed by atoms with E-state index in [4.69, 9.17) is 9.47 Å². The molecule has 5 heteroatoms. The maximum Gasteiger partial charge on any atom is 0.306 e. The van der Waals surface area contributed by atoms with Crippen LogP contribution in [0.25, 0.3) is 0 Å². The molecule has 0 aliphatic rings. The maximum absolute atomic E-state index is 12.3. The van der Waals surface area contributed by atoms with Gasteiger partial charge >= 0.3 is 11.9 Å². The lowest BCUT2D eigenvalue weighted by molar-refractivity contribution is -0.161. The van der Waals surface area contributed by atoms with Crippen molar-refractivity contribution in [3.8, 4) is 0 Å². The summed E-state index contributed by atoms with van der Waals surface area (Å²) in [6.45, 7) is 3.91. The van der Waals surface area contributed by atoms with Gasteiger partial charge in [-0.25, -0.2) is 0 Å². The topological polar surface area (TPSA) is 72.8 Å². The molecule has 396 valence electrons. The lowest BCUT2D eigenvalue weighted by Crippen LogP contribution is -2.28. The molecular formula is C65H106O5. The van der Waals surface area contributed by atoms with Crippen LogP contribution in [-0.2, 0) is 19.1 Å². The highest BCUT2D eigenvalue weighted by molar-refractivity contribution is 5.70. The van der Waals surface area contributed by atoms with Gasteiger partial charge in [-0.05, 0) is 109 Å². The third kappa shape index (κ3) is 56.6. The highest BCUT2D eigenvalue weighted by atomic mass is 16.6. The predicted octanol–water partition coefficient (Wildman–Crippen LogP) is 19.6. The number of aliphatic hydroxyl groups excluding tert-OH is 1. The summed E-state index contributed by atoms with van der Waals surface area (Å²) in [5.41, 5.74) is 0. The molecule has 1 atom stereocenters. The first-order valence-corrected chi connectivity index (χ1v) is 28.7. The summed E-state index contributed by atoms with van der Waals surface area (Å²) in [5.74, 6) is -0.605. The number of carbonyl (C=O) groups excluding carboxylic acids is 2. The van der Waals surface area contributed by atoms with Gasteiger partial charge in [-0.1, -0.05) is 257 Å². The summed E-state index contributed by atoms with van der Waals surface area (Å²) >= 11 is 0. The summed E-state index contributed by atoms with van der Waals surface area (Å²) < 4.78 is 10.7. The molecule has 0 amide bonds. The molecule has 0 aliphatic heterocycles. The molecule has 0 spiro atoms. The third-order valence-corrected chi connectivity index (χ3v) is 11.9. The summed E-state index contributed by atoms with van der Waals surface area (Å²) in [5, 5.41) is 9.66. The van der Waals surface area contributed by atoms with Crippen LogP contribution in [0.1, 0.15) is 245 Å². The summed E-state index contributed by atoms with van der Waals surface area (Å²) in [6, 6.07) is 0. The molecule has 1 unspecified atom stereocenters. The second-order valence-corrected chi connectivity index (χ2v) is 18.6. The number of allylic oxidation sites excluding steroid dienone is 22. The molecule has 0 heterocycles. The van der Waals surface area contributed by atoms with Crippen LogP contribution < -0.4 is 0 Å². The Labute approximate surface area is 432 Å². The number of esters is 2. The van der Waals surface area contributed by atoms with E-state index in [-0.39, 0.29) is 25.2 Å². The van der Waals surface area contributed by atoms with Crippen molar-refractivity contribution < 1.29 is 24.2 Å². The summed E-state index contributed by atoms with van der Waals surface area (Å²) in [6.07, 6.45) is 88.5. The van der Waals surface area contributed by atoms with E-state index in [1.165, 1.54) is 103 Å². The van der Waals surface area contributed by atoms with Gasteiger partial charge < -0.3 is 14.6 Å². The van der Waals surface area contributed by atoms with Gasteiger partial charge in [0.1, 0.15) is 6.61 Å². The van der Waals surface area contributed by atoms with E-state index >= 15 is 0 Å². The molecule has 0 aromatic heterocycles. The van der Waals surface area contributed by atoms with Crippen molar-refractivity contribution >= 4 is 11.9 Å². The number of unbranched alkanes of at least 4 members (excludes halogenated alkanes) is 21. The molecule has 0 rings (SSSR count). The fourth-order valence-corrected chi connectivity index (χ4v) is 7.70. The fourth-order valence-electron chi connectivity index (χ4n) is 7.70. The van der Waals surface area contributed by atoms with Crippen LogP contribution in [0.5, 0.6) is 0 Å². The van der Waals surface area contributed by atoms with Gasteiger partial charge in [0, 0.05) is 12.8 Å². The Morgan fingerprint density at radius 1 is 0.329 bits per heavy atom. The second-order valence-electron chi connectivity index (χ2n) is 18.6. The van der Waals surface area contributed by atoms with Crippen LogP contribution in [0.2, 0.25) is 0 Å². The summed E-state index contributed by atoms with van der Waals surface area (Å²) in [7, 11) is 0. The van der Waals surface area contributed by atoms with Crippen LogP contribution in [0.3, 0.4) is 0 Å². The minimum atomic E-state index is -0.786. The minimum absolute atomic E-state index is 0.0770. The van der Waals surface area contributed by atoms with E-state index in [0.29, 0.717) is 12.8 Å². The predicted molar refractivity (Wildman–Crippen MR) is 306 cm³/mol. The number of rotatable bonds is 51. The quantitative estimate of drug-likeness (QED) is 0.0374. The Kier molecular flexibility index (Phi) is 56.0. The van der Waals surface area contributed by atoms with E-state index in [0.717, 1.165) is 116 Å². The van der Waals surface area contributed by atoms with E-state index < -0.39 is 6.10 Å². The Hall–Kier alpha value is -3.96. The number of ether oxygens (including phenoxy) is 2. The zero-order valence-corrected chi connectivity index (χ0v) is 45.2. The molecule has 5 nitrogen and oxygen atoms in total. The molecular weight excluding hydrogens is 861 g/mol. The average Bonchev–Trinajstić information content (AvgIpc) is 3.36. The summed E-state index contributed by atoms with van der Waals surface area (Å²) in [4.78, 5) is 24.5. The number of hydrogen-bond donors (Lipinski definition) is 1. The van der Waals surface area contributed by atoms with Crippen molar-refractivity contribution in [1.29, 1.82) is 0 Å². The van der Waals surface area contributed by atoms with Crippen LogP contribution in [0.15, 0.2) is 134 Å². The van der Waals surface area contributed by atoms with Gasteiger partial charge in [0.05, 0.1) is 6.61 Å². The molecule has 0 aromatic carbocycles. The maximum atomic E-state index is 12.3. The number of aliphatic hydroxyl groups is 1. The lowest BCUT2D eigenvalue weighted by atomic mass is 10.0. The van der Waals surface area contributed by atoms with E-state index in [2.05, 4.69) is 148 Å². The molecule has 0 radical (unpaired) electrons. The van der Waals surface area contributed by atoms with E-state index in [1.54, 1.807) is 0 Å². The Morgan fingerprint density at radius 2 is 0.571 bits per heavy atom. The second kappa shape index (κ2) is 59.3. The molecule has 0 aliphatic carbocycles. The Morgan fingerprint density at radius 3 is 0.857 bits per heavy atom. The lowest BCUT2D eigenvalue weighted by Gasteiger charge is -2.15. The van der Waals surface area contributed by atoms with Crippen molar-refractivity contribution in [2.75, 3.05) is 13.2 Å². The Balaban J connectivity index is 3.54. The van der Waals surface area contributed by atoms with Crippen molar-refractivity contribution in [2.24, 2.45) is 0 Å². The van der Waals surface area contributed by atoms with Crippen molar-refractivity contribution in [3.63, 3.8) is 0 Å². The van der Waals surface area contributed by atoms with Gasteiger partial charge in [-0.2, -0.15) is 0 Å².